The fraction of sp³-hybridized carbons (Fsp3) is 0.167. The van der Waals surface area contributed by atoms with Crippen LogP contribution in [-0.4, -0.2) is 30.0 Å². The van der Waals surface area contributed by atoms with E-state index in [1.54, 1.807) is 42.6 Å². The zero-order valence-electron chi connectivity index (χ0n) is 17.4. The van der Waals surface area contributed by atoms with Gasteiger partial charge in [0.25, 0.3) is 0 Å². The molecule has 1 heterocycles. The molecule has 0 fully saturated rings. The van der Waals surface area contributed by atoms with Gasteiger partial charge in [-0.1, -0.05) is 36.2 Å². The maximum Gasteiger partial charge on any atom is 0.123 e. The number of hydrogen-bond acceptors (Lipinski definition) is 6. The molecule has 0 radical (unpaired) electrons. The maximum absolute atomic E-state index is 13.3. The summed E-state index contributed by atoms with van der Waals surface area (Å²) >= 11 is 1.63. The molecule has 7 heteroatoms. The summed E-state index contributed by atoms with van der Waals surface area (Å²) in [6.07, 6.45) is 7.07. The van der Waals surface area contributed by atoms with E-state index in [4.69, 9.17) is 5.41 Å². The van der Waals surface area contributed by atoms with Crippen molar-refractivity contribution in [3.63, 3.8) is 0 Å². The Labute approximate surface area is 186 Å². The van der Waals surface area contributed by atoms with Gasteiger partial charge in [-0.3, -0.25) is 9.71 Å². The zero-order chi connectivity index (χ0) is 21.9. The number of pyridine rings is 1. The third kappa shape index (κ3) is 6.94. The van der Waals surface area contributed by atoms with Crippen LogP contribution < -0.4 is 15.4 Å². The molecule has 0 aliphatic heterocycles. The van der Waals surface area contributed by atoms with Gasteiger partial charge < -0.3 is 16.0 Å². The second-order valence-corrected chi connectivity index (χ2v) is 7.84. The van der Waals surface area contributed by atoms with Gasteiger partial charge in [0.1, 0.15) is 5.82 Å². The Kier molecular flexibility index (Phi) is 8.63. The second kappa shape index (κ2) is 11.9. The maximum atomic E-state index is 13.3. The lowest BCUT2D eigenvalue weighted by atomic mass is 9.99. The molecule has 3 aromatic rings. The summed E-state index contributed by atoms with van der Waals surface area (Å²) < 4.78 is 16.4. The Morgan fingerprint density at radius 1 is 1.13 bits per heavy atom. The monoisotopic (exact) mass is 435 g/mol. The Bertz CT molecular complexity index is 1010. The highest BCUT2D eigenvalue weighted by Gasteiger charge is 2.09. The fourth-order valence-corrected chi connectivity index (χ4v) is 3.40. The summed E-state index contributed by atoms with van der Waals surface area (Å²) in [6, 6.07) is 16.2. The molecule has 31 heavy (non-hydrogen) atoms. The predicted molar refractivity (Wildman–Crippen MR) is 129 cm³/mol. The Hall–Kier alpha value is -3.16. The van der Waals surface area contributed by atoms with Crippen molar-refractivity contribution in [1.82, 2.24) is 15.0 Å². The van der Waals surface area contributed by atoms with Crippen molar-refractivity contribution in [3.05, 3.63) is 96.2 Å². The van der Waals surface area contributed by atoms with E-state index in [0.717, 1.165) is 40.2 Å². The van der Waals surface area contributed by atoms with Crippen LogP contribution in [0, 0.1) is 11.2 Å². The van der Waals surface area contributed by atoms with E-state index < -0.39 is 0 Å². The smallest absolute Gasteiger partial charge is 0.123 e. The summed E-state index contributed by atoms with van der Waals surface area (Å²) in [5, 5.41) is 15.2. The van der Waals surface area contributed by atoms with Gasteiger partial charge in [-0.2, -0.15) is 0 Å². The van der Waals surface area contributed by atoms with E-state index in [9.17, 15) is 4.39 Å². The molecule has 0 bridgehead atoms. The molecular weight excluding hydrogens is 409 g/mol. The fourth-order valence-electron chi connectivity index (χ4n) is 2.99. The highest BCUT2D eigenvalue weighted by atomic mass is 32.2. The van der Waals surface area contributed by atoms with Crippen molar-refractivity contribution in [1.29, 1.82) is 5.41 Å². The highest BCUT2D eigenvalue weighted by Crippen LogP contribution is 2.26. The molecule has 2 aromatic carbocycles. The molecule has 3 rings (SSSR count). The normalized spacial score (nSPS) is 10.9. The summed E-state index contributed by atoms with van der Waals surface area (Å²) in [7, 11) is 1.90. The minimum Gasteiger partial charge on any atom is -0.387 e. The van der Waals surface area contributed by atoms with E-state index in [0.29, 0.717) is 12.3 Å². The van der Waals surface area contributed by atoms with Crippen LogP contribution >= 0.6 is 11.9 Å². The van der Waals surface area contributed by atoms with Crippen LogP contribution in [0.25, 0.3) is 11.1 Å². The average Bonchev–Trinajstić information content (AvgIpc) is 2.81. The molecule has 0 unspecified atom stereocenters. The summed E-state index contributed by atoms with van der Waals surface area (Å²) in [5.74, 6) is 0.630. The molecule has 160 valence electrons. The first-order valence-corrected chi connectivity index (χ1v) is 11.0. The van der Waals surface area contributed by atoms with Crippen LogP contribution in [0.15, 0.2) is 79.3 Å². The minimum absolute atomic E-state index is 0.264. The first kappa shape index (κ1) is 22.5. The van der Waals surface area contributed by atoms with Gasteiger partial charge in [-0.05, 0) is 66.3 Å². The number of halogens is 1. The van der Waals surface area contributed by atoms with Crippen LogP contribution in [0.4, 0.5) is 10.1 Å². The predicted octanol–water partition coefficient (Wildman–Crippen LogP) is 4.84. The number of anilines is 1. The van der Waals surface area contributed by atoms with Gasteiger partial charge in [-0.15, -0.1) is 0 Å². The highest BCUT2D eigenvalue weighted by molar-refractivity contribution is 7.97. The quantitative estimate of drug-likeness (QED) is 0.197. The molecule has 0 spiro atoms. The second-order valence-electron chi connectivity index (χ2n) is 6.74. The summed E-state index contributed by atoms with van der Waals surface area (Å²) in [4.78, 5) is 4.10. The van der Waals surface area contributed by atoms with Crippen molar-refractivity contribution in [2.45, 2.75) is 6.54 Å². The first-order valence-electron chi connectivity index (χ1n) is 9.97. The van der Waals surface area contributed by atoms with Gasteiger partial charge in [0, 0.05) is 42.5 Å². The Morgan fingerprint density at radius 3 is 2.68 bits per heavy atom. The standard InChI is InChI=1S/C24H26FN5S/c1-27-31-14-13-30-24-9-6-20(19-4-7-21(25)8-5-19)15-22(24)23(26)10-12-29-17-18-3-2-11-28-16-18/h2-12,15-16,26-27,29-30H,13-14,17H2,1H3/b12-10-,26-23?. The van der Waals surface area contributed by atoms with E-state index in [1.165, 1.54) is 12.1 Å². The molecule has 4 N–H and O–H groups in total. The Morgan fingerprint density at radius 2 is 1.94 bits per heavy atom. The van der Waals surface area contributed by atoms with Gasteiger partial charge in [0.2, 0.25) is 0 Å². The van der Waals surface area contributed by atoms with Crippen LogP contribution in [0.1, 0.15) is 11.1 Å². The molecule has 0 amide bonds. The van der Waals surface area contributed by atoms with Crippen molar-refractivity contribution >= 4 is 23.3 Å². The number of aromatic nitrogens is 1. The van der Waals surface area contributed by atoms with Crippen molar-refractivity contribution < 1.29 is 4.39 Å². The minimum atomic E-state index is -0.264. The molecule has 1 aromatic heterocycles. The van der Waals surface area contributed by atoms with E-state index >= 15 is 0 Å². The van der Waals surface area contributed by atoms with Crippen LogP contribution in [-0.2, 0) is 6.54 Å². The zero-order valence-corrected chi connectivity index (χ0v) is 18.2. The molecule has 0 aliphatic carbocycles. The molecule has 0 atom stereocenters. The third-order valence-corrected chi connectivity index (χ3v) is 5.24. The van der Waals surface area contributed by atoms with E-state index in [-0.39, 0.29) is 5.82 Å². The van der Waals surface area contributed by atoms with Crippen LogP contribution in [0.2, 0.25) is 0 Å². The molecular formula is C24H26FN5S. The number of nitrogens with one attached hydrogen (secondary N) is 4. The van der Waals surface area contributed by atoms with E-state index in [1.807, 2.05) is 43.6 Å². The third-order valence-electron chi connectivity index (χ3n) is 4.55. The molecule has 0 saturated carbocycles. The number of nitrogens with zero attached hydrogens (tertiary/aromatic N) is 1. The van der Waals surface area contributed by atoms with Crippen molar-refractivity contribution in [2.75, 3.05) is 24.7 Å². The number of rotatable bonds is 11. The van der Waals surface area contributed by atoms with Crippen LogP contribution in [0.3, 0.4) is 0 Å². The molecule has 5 nitrogen and oxygen atoms in total. The lowest BCUT2D eigenvalue weighted by Crippen LogP contribution is -2.11. The van der Waals surface area contributed by atoms with Crippen LogP contribution in [0.5, 0.6) is 0 Å². The SMILES string of the molecule is CNSCCNc1ccc(-c2ccc(F)cc2)cc1C(=N)/C=C\NCc1cccnc1. The van der Waals surface area contributed by atoms with E-state index in [2.05, 4.69) is 20.3 Å². The summed E-state index contributed by atoms with van der Waals surface area (Å²) in [5.41, 5.74) is 4.98. The first-order chi connectivity index (χ1) is 15.2. The number of allylic oxidation sites excluding steroid dienone is 1. The number of hydrogen-bond donors (Lipinski definition) is 4. The van der Waals surface area contributed by atoms with Gasteiger partial charge in [0.05, 0.1) is 5.71 Å². The van der Waals surface area contributed by atoms with Crippen molar-refractivity contribution in [2.24, 2.45) is 0 Å². The van der Waals surface area contributed by atoms with Crippen molar-refractivity contribution in [3.8, 4) is 11.1 Å². The lowest BCUT2D eigenvalue weighted by Gasteiger charge is -2.14. The Balaban J connectivity index is 1.76. The van der Waals surface area contributed by atoms with Gasteiger partial charge in [0.15, 0.2) is 0 Å². The topological polar surface area (TPSA) is 72.8 Å². The lowest BCUT2D eigenvalue weighted by molar-refractivity contribution is 0.628. The number of benzene rings is 2. The molecule has 0 aliphatic rings. The average molecular weight is 436 g/mol. The van der Waals surface area contributed by atoms with Gasteiger partial charge in [-0.25, -0.2) is 4.39 Å². The molecule has 0 saturated heterocycles. The van der Waals surface area contributed by atoms with Gasteiger partial charge >= 0.3 is 0 Å². The largest absolute Gasteiger partial charge is 0.387 e. The summed E-state index contributed by atoms with van der Waals surface area (Å²) in [6.45, 7) is 1.41.